The lowest BCUT2D eigenvalue weighted by molar-refractivity contribution is -0.137. The van der Waals surface area contributed by atoms with Crippen molar-refractivity contribution < 1.29 is 18.3 Å². The molecule has 0 radical (unpaired) electrons. The van der Waals surface area contributed by atoms with Gasteiger partial charge in [-0.2, -0.15) is 0 Å². The van der Waals surface area contributed by atoms with Crippen LogP contribution in [0.25, 0.3) is 0 Å². The van der Waals surface area contributed by atoms with Gasteiger partial charge in [0.1, 0.15) is 9.84 Å². The largest absolute Gasteiger partial charge is 0.481 e. The van der Waals surface area contributed by atoms with E-state index in [1.807, 2.05) is 19.0 Å². The molecule has 0 amide bonds. The van der Waals surface area contributed by atoms with Crippen molar-refractivity contribution in [3.63, 3.8) is 0 Å². The van der Waals surface area contributed by atoms with Crippen LogP contribution in [-0.4, -0.2) is 56.5 Å². The number of hydrogen-bond donors (Lipinski definition) is 1. The quantitative estimate of drug-likeness (QED) is 0.608. The minimum atomic E-state index is -2.99. The Morgan fingerprint density at radius 3 is 2.19 bits per heavy atom. The van der Waals surface area contributed by atoms with Gasteiger partial charge in [-0.15, -0.1) is 0 Å². The van der Waals surface area contributed by atoms with Crippen LogP contribution in [0.4, 0.5) is 0 Å². The van der Waals surface area contributed by atoms with Crippen molar-refractivity contribution in [1.82, 2.24) is 4.90 Å². The van der Waals surface area contributed by atoms with Crippen LogP contribution in [0.5, 0.6) is 0 Å². The Morgan fingerprint density at radius 1 is 1.12 bits per heavy atom. The molecular weight excluding hydrogens is 230 g/mol. The first-order valence-electron chi connectivity index (χ1n) is 5.40. The van der Waals surface area contributed by atoms with Crippen LogP contribution in [0.3, 0.4) is 0 Å². The van der Waals surface area contributed by atoms with Crippen molar-refractivity contribution >= 4 is 15.8 Å². The van der Waals surface area contributed by atoms with Gasteiger partial charge in [-0.3, -0.25) is 4.79 Å². The van der Waals surface area contributed by atoms with E-state index in [-0.39, 0.29) is 17.9 Å². The molecule has 0 heterocycles. The molecule has 0 bridgehead atoms. The average molecular weight is 251 g/mol. The number of rotatable bonds is 9. The maximum atomic E-state index is 11.5. The summed E-state index contributed by atoms with van der Waals surface area (Å²) in [6.07, 6.45) is 1.56. The topological polar surface area (TPSA) is 74.7 Å². The maximum Gasteiger partial charge on any atom is 0.303 e. The highest BCUT2D eigenvalue weighted by molar-refractivity contribution is 7.91. The molecule has 16 heavy (non-hydrogen) atoms. The van der Waals surface area contributed by atoms with E-state index < -0.39 is 15.8 Å². The standard InChI is InChI=1S/C10H21NO4S/c1-11(2)7-5-9-16(14,15)8-4-3-6-10(12)13/h3-9H2,1-2H3,(H,12,13). The summed E-state index contributed by atoms with van der Waals surface area (Å²) >= 11 is 0. The van der Waals surface area contributed by atoms with Gasteiger partial charge < -0.3 is 10.0 Å². The number of carboxylic acid groups (broad SMARTS) is 1. The summed E-state index contributed by atoms with van der Waals surface area (Å²) in [7, 11) is 0.810. The third-order valence-corrected chi connectivity index (χ3v) is 3.98. The predicted molar refractivity (Wildman–Crippen MR) is 63.3 cm³/mol. The molecule has 0 spiro atoms. The number of unbranched alkanes of at least 4 members (excludes halogenated alkanes) is 1. The molecule has 0 saturated heterocycles. The third-order valence-electron chi connectivity index (χ3n) is 2.16. The van der Waals surface area contributed by atoms with Gasteiger partial charge in [-0.05, 0) is 39.9 Å². The summed E-state index contributed by atoms with van der Waals surface area (Å²) in [4.78, 5) is 12.2. The highest BCUT2D eigenvalue weighted by Crippen LogP contribution is 2.02. The monoisotopic (exact) mass is 251 g/mol. The van der Waals surface area contributed by atoms with Gasteiger partial charge in [-0.1, -0.05) is 0 Å². The van der Waals surface area contributed by atoms with Crippen molar-refractivity contribution in [2.45, 2.75) is 25.7 Å². The first-order chi connectivity index (χ1) is 7.33. The van der Waals surface area contributed by atoms with Gasteiger partial charge in [0, 0.05) is 6.42 Å². The lowest BCUT2D eigenvalue weighted by atomic mass is 10.3. The fourth-order valence-electron chi connectivity index (χ4n) is 1.30. The molecule has 0 aliphatic carbocycles. The zero-order valence-electron chi connectivity index (χ0n) is 9.98. The Balaban J connectivity index is 3.67. The summed E-state index contributed by atoms with van der Waals surface area (Å²) in [5.41, 5.74) is 0. The van der Waals surface area contributed by atoms with Crippen molar-refractivity contribution in [2.24, 2.45) is 0 Å². The molecule has 0 aromatic carbocycles. The van der Waals surface area contributed by atoms with Gasteiger partial charge in [0.05, 0.1) is 11.5 Å². The lowest BCUT2D eigenvalue weighted by Crippen LogP contribution is -2.18. The van der Waals surface area contributed by atoms with Gasteiger partial charge in [0.25, 0.3) is 0 Å². The smallest absolute Gasteiger partial charge is 0.303 e. The molecule has 0 aliphatic heterocycles. The first-order valence-corrected chi connectivity index (χ1v) is 7.22. The minimum Gasteiger partial charge on any atom is -0.481 e. The molecule has 0 aliphatic rings. The van der Waals surface area contributed by atoms with Crippen LogP contribution in [0.15, 0.2) is 0 Å². The van der Waals surface area contributed by atoms with Gasteiger partial charge >= 0.3 is 5.97 Å². The van der Waals surface area contributed by atoms with Gasteiger partial charge in [0.15, 0.2) is 0 Å². The minimum absolute atomic E-state index is 0.0488. The SMILES string of the molecule is CN(C)CCCS(=O)(=O)CCCCC(=O)O. The zero-order valence-corrected chi connectivity index (χ0v) is 10.8. The number of hydrogen-bond acceptors (Lipinski definition) is 4. The van der Waals surface area contributed by atoms with E-state index in [0.717, 1.165) is 6.54 Å². The highest BCUT2D eigenvalue weighted by atomic mass is 32.2. The Kier molecular flexibility index (Phi) is 7.33. The van der Waals surface area contributed by atoms with Crippen LogP contribution in [0.2, 0.25) is 0 Å². The zero-order chi connectivity index (χ0) is 12.6. The summed E-state index contributed by atoms with van der Waals surface area (Å²) in [5.74, 6) is -0.573. The fourth-order valence-corrected chi connectivity index (χ4v) is 2.72. The molecule has 5 nitrogen and oxygen atoms in total. The van der Waals surface area contributed by atoms with E-state index >= 15 is 0 Å². The highest BCUT2D eigenvalue weighted by Gasteiger charge is 2.10. The first kappa shape index (κ1) is 15.4. The third kappa shape index (κ3) is 9.92. The number of carbonyl (C=O) groups is 1. The van der Waals surface area contributed by atoms with Crippen molar-refractivity contribution in [3.8, 4) is 0 Å². The van der Waals surface area contributed by atoms with E-state index in [9.17, 15) is 13.2 Å². The second-order valence-corrected chi connectivity index (χ2v) is 6.46. The number of sulfone groups is 1. The van der Waals surface area contributed by atoms with E-state index in [4.69, 9.17) is 5.11 Å². The molecule has 6 heteroatoms. The number of carboxylic acids is 1. The van der Waals surface area contributed by atoms with Crippen LogP contribution < -0.4 is 0 Å². The predicted octanol–water partition coefficient (Wildman–Crippen LogP) is 0.608. The Bertz CT molecular complexity index is 298. The molecule has 0 aromatic rings. The molecule has 0 aromatic heterocycles. The second-order valence-electron chi connectivity index (χ2n) is 4.16. The summed E-state index contributed by atoms with van der Waals surface area (Å²) in [5, 5.41) is 8.39. The Morgan fingerprint density at radius 2 is 1.69 bits per heavy atom. The summed E-state index contributed by atoms with van der Waals surface area (Å²) < 4.78 is 23.0. The van der Waals surface area contributed by atoms with E-state index in [0.29, 0.717) is 19.3 Å². The number of aliphatic carboxylic acids is 1. The summed E-state index contributed by atoms with van der Waals surface area (Å²) in [6, 6.07) is 0. The normalized spacial score (nSPS) is 11.9. The van der Waals surface area contributed by atoms with Crippen LogP contribution in [0.1, 0.15) is 25.7 Å². The molecule has 96 valence electrons. The molecule has 0 fully saturated rings. The van der Waals surface area contributed by atoms with E-state index in [1.54, 1.807) is 0 Å². The van der Waals surface area contributed by atoms with Crippen LogP contribution >= 0.6 is 0 Å². The second kappa shape index (κ2) is 7.62. The molecule has 1 N–H and O–H groups in total. The summed E-state index contributed by atoms with van der Waals surface area (Å²) in [6.45, 7) is 0.758. The molecule has 0 atom stereocenters. The lowest BCUT2D eigenvalue weighted by Gasteiger charge is -2.09. The number of nitrogens with zero attached hydrogens (tertiary/aromatic N) is 1. The maximum absolute atomic E-state index is 11.5. The van der Waals surface area contributed by atoms with Crippen LogP contribution in [0, 0.1) is 0 Å². The molecule has 0 saturated carbocycles. The fraction of sp³-hybridized carbons (Fsp3) is 0.900. The van der Waals surface area contributed by atoms with Crippen molar-refractivity contribution in [2.75, 3.05) is 32.1 Å². The van der Waals surface area contributed by atoms with Gasteiger partial charge in [-0.25, -0.2) is 8.42 Å². The average Bonchev–Trinajstić information content (AvgIpc) is 2.11. The van der Waals surface area contributed by atoms with Crippen molar-refractivity contribution in [1.29, 1.82) is 0 Å². The van der Waals surface area contributed by atoms with E-state index in [2.05, 4.69) is 0 Å². The Labute approximate surface area is 97.4 Å². The van der Waals surface area contributed by atoms with Gasteiger partial charge in [0.2, 0.25) is 0 Å². The van der Waals surface area contributed by atoms with Crippen molar-refractivity contribution in [3.05, 3.63) is 0 Å². The van der Waals surface area contributed by atoms with E-state index in [1.165, 1.54) is 0 Å². The van der Waals surface area contributed by atoms with Crippen LogP contribution in [-0.2, 0) is 14.6 Å². The molecule has 0 unspecified atom stereocenters. The Hall–Kier alpha value is -0.620. The molecular formula is C10H21NO4S. The molecule has 0 rings (SSSR count).